The van der Waals surface area contributed by atoms with Gasteiger partial charge in [-0.3, -0.25) is 10.5 Å². The second kappa shape index (κ2) is 5.82. The van der Waals surface area contributed by atoms with E-state index < -0.39 is 5.92 Å². The van der Waals surface area contributed by atoms with Crippen LogP contribution in [0.2, 0.25) is 5.02 Å². The van der Waals surface area contributed by atoms with Gasteiger partial charge in [0.2, 0.25) is 11.8 Å². The smallest absolute Gasteiger partial charge is 0.243 e. The summed E-state index contributed by atoms with van der Waals surface area (Å²) in [5, 5.41) is 25.3. The lowest BCUT2D eigenvalue weighted by molar-refractivity contribution is 0.436. The molecule has 0 saturated carbocycles. The second-order valence-electron chi connectivity index (χ2n) is 5.28. The van der Waals surface area contributed by atoms with E-state index in [0.717, 1.165) is 29.7 Å². The number of hydrogen-bond acceptors (Lipinski definition) is 4. The molecule has 3 rings (SSSR count). The van der Waals surface area contributed by atoms with Crippen LogP contribution in [-0.4, -0.2) is 16.1 Å². The fourth-order valence-electron chi connectivity index (χ4n) is 2.88. The molecular weight excluding hydrogens is 300 g/mol. The average Bonchev–Trinajstić information content (AvgIpc) is 2.88. The minimum absolute atomic E-state index is 0.0745. The van der Waals surface area contributed by atoms with Crippen LogP contribution in [0.15, 0.2) is 24.3 Å². The molecule has 1 aromatic carbocycles. The van der Waals surface area contributed by atoms with E-state index in [0.29, 0.717) is 10.9 Å². The van der Waals surface area contributed by atoms with Crippen molar-refractivity contribution < 1.29 is 4.74 Å². The zero-order chi connectivity index (χ0) is 15.7. The van der Waals surface area contributed by atoms with Crippen LogP contribution in [0.3, 0.4) is 0 Å². The molecule has 1 aliphatic heterocycles. The van der Waals surface area contributed by atoms with Crippen molar-refractivity contribution in [2.75, 3.05) is 0 Å². The molecule has 2 unspecified atom stereocenters. The molecule has 5 nitrogen and oxygen atoms in total. The Bertz CT molecular complexity index is 762. The molecule has 0 fully saturated rings. The Balaban J connectivity index is 2.19. The topological polar surface area (TPSA) is 85.5 Å². The molecule has 0 radical (unpaired) electrons. The highest BCUT2D eigenvalue weighted by Crippen LogP contribution is 2.43. The van der Waals surface area contributed by atoms with E-state index in [1.165, 1.54) is 0 Å². The van der Waals surface area contributed by atoms with Crippen molar-refractivity contribution >= 4 is 17.5 Å². The van der Waals surface area contributed by atoms with Crippen molar-refractivity contribution in [1.82, 2.24) is 10.2 Å². The lowest BCUT2D eigenvalue weighted by atomic mass is 9.79. The van der Waals surface area contributed by atoms with Crippen LogP contribution in [0.4, 0.5) is 0 Å². The van der Waals surface area contributed by atoms with Crippen LogP contribution >= 0.6 is 11.6 Å². The van der Waals surface area contributed by atoms with E-state index in [9.17, 15) is 5.26 Å². The molecule has 0 saturated heterocycles. The van der Waals surface area contributed by atoms with Gasteiger partial charge in [-0.2, -0.15) is 5.26 Å². The molecule has 6 heteroatoms. The number of nitrogens with zero attached hydrogens (tertiary/aromatic N) is 2. The predicted molar refractivity (Wildman–Crippen MR) is 83.3 cm³/mol. The van der Waals surface area contributed by atoms with Crippen molar-refractivity contribution in [1.29, 1.82) is 10.7 Å². The monoisotopic (exact) mass is 314 g/mol. The minimum Gasteiger partial charge on any atom is -0.422 e. The molecule has 2 atom stereocenters. The SMILES string of the molecule is CCCc1[nH]nc2c1C(c1cccc(Cl)c1)C(C#N)C(=N)O2. The lowest BCUT2D eigenvalue weighted by Gasteiger charge is -2.28. The quantitative estimate of drug-likeness (QED) is 0.906. The molecule has 2 N–H and O–H groups in total. The zero-order valence-corrected chi connectivity index (χ0v) is 12.8. The summed E-state index contributed by atoms with van der Waals surface area (Å²) < 4.78 is 5.43. The summed E-state index contributed by atoms with van der Waals surface area (Å²) >= 11 is 6.10. The summed E-state index contributed by atoms with van der Waals surface area (Å²) in [5.41, 5.74) is 2.72. The number of rotatable bonds is 3. The highest BCUT2D eigenvalue weighted by atomic mass is 35.5. The molecule has 0 spiro atoms. The summed E-state index contributed by atoms with van der Waals surface area (Å²) in [4.78, 5) is 0. The van der Waals surface area contributed by atoms with Gasteiger partial charge in [0, 0.05) is 22.2 Å². The van der Waals surface area contributed by atoms with Gasteiger partial charge < -0.3 is 4.74 Å². The van der Waals surface area contributed by atoms with Gasteiger partial charge in [0.05, 0.1) is 6.07 Å². The normalized spacial score (nSPS) is 20.1. The number of halogens is 1. The van der Waals surface area contributed by atoms with Crippen molar-refractivity contribution in [2.24, 2.45) is 5.92 Å². The predicted octanol–water partition coefficient (Wildman–Crippen LogP) is 3.66. The number of nitrogens with one attached hydrogen (secondary N) is 2. The van der Waals surface area contributed by atoms with E-state index in [2.05, 4.69) is 23.2 Å². The average molecular weight is 315 g/mol. The number of nitriles is 1. The first-order valence-electron chi connectivity index (χ1n) is 7.14. The zero-order valence-electron chi connectivity index (χ0n) is 12.1. The molecule has 112 valence electrons. The van der Waals surface area contributed by atoms with Crippen LogP contribution < -0.4 is 4.74 Å². The van der Waals surface area contributed by atoms with Gasteiger partial charge in [-0.05, 0) is 24.1 Å². The molecule has 2 heterocycles. The largest absolute Gasteiger partial charge is 0.422 e. The number of hydrogen-bond donors (Lipinski definition) is 2. The maximum absolute atomic E-state index is 9.51. The minimum atomic E-state index is -0.681. The number of aryl methyl sites for hydroxylation is 1. The van der Waals surface area contributed by atoms with Crippen LogP contribution in [0, 0.1) is 22.7 Å². The number of ether oxygens (including phenoxy) is 1. The van der Waals surface area contributed by atoms with E-state index in [4.69, 9.17) is 21.7 Å². The summed E-state index contributed by atoms with van der Waals surface area (Å²) in [6.07, 6.45) is 1.76. The standard InChI is InChI=1S/C16H15ClN4O/c1-2-4-12-14-13(9-5-3-6-10(17)7-9)11(8-18)15(19)22-16(14)21-20-12/h3,5-7,11,13,19H,2,4H2,1H3,(H,20,21). The Morgan fingerprint density at radius 1 is 1.50 bits per heavy atom. The van der Waals surface area contributed by atoms with Gasteiger partial charge in [-0.1, -0.05) is 37.1 Å². The van der Waals surface area contributed by atoms with Crippen molar-refractivity contribution in [2.45, 2.75) is 25.7 Å². The van der Waals surface area contributed by atoms with Gasteiger partial charge in [0.25, 0.3) is 0 Å². The maximum Gasteiger partial charge on any atom is 0.243 e. The molecule has 2 aromatic rings. The number of aromatic nitrogens is 2. The van der Waals surface area contributed by atoms with Crippen LogP contribution in [0.25, 0.3) is 0 Å². The third-order valence-corrected chi connectivity index (χ3v) is 4.06. The molecule has 1 aliphatic rings. The number of benzene rings is 1. The van der Waals surface area contributed by atoms with Gasteiger partial charge >= 0.3 is 0 Å². The highest BCUT2D eigenvalue weighted by Gasteiger charge is 2.40. The van der Waals surface area contributed by atoms with Crippen LogP contribution in [0.1, 0.15) is 36.1 Å². The lowest BCUT2D eigenvalue weighted by Crippen LogP contribution is -2.31. The van der Waals surface area contributed by atoms with Gasteiger partial charge in [0.1, 0.15) is 5.92 Å². The Hall–Kier alpha value is -2.32. The molecule has 0 bridgehead atoms. The first kappa shape index (κ1) is 14.6. The first-order valence-corrected chi connectivity index (χ1v) is 7.52. The number of H-pyrrole nitrogens is 1. The van der Waals surface area contributed by atoms with E-state index >= 15 is 0 Å². The molecule has 1 aromatic heterocycles. The Labute approximate surface area is 133 Å². The highest BCUT2D eigenvalue weighted by molar-refractivity contribution is 6.30. The summed E-state index contributed by atoms with van der Waals surface area (Å²) in [6, 6.07) is 9.59. The van der Waals surface area contributed by atoms with E-state index in [-0.39, 0.29) is 11.8 Å². The van der Waals surface area contributed by atoms with E-state index in [1.807, 2.05) is 18.2 Å². The van der Waals surface area contributed by atoms with Gasteiger partial charge in [-0.15, -0.1) is 5.10 Å². The fraction of sp³-hybridized carbons (Fsp3) is 0.312. The van der Waals surface area contributed by atoms with Crippen LogP contribution in [-0.2, 0) is 6.42 Å². The van der Waals surface area contributed by atoms with Crippen molar-refractivity contribution in [3.8, 4) is 11.9 Å². The molecular formula is C16H15ClN4O. The molecule has 0 amide bonds. The van der Waals surface area contributed by atoms with Crippen LogP contribution in [0.5, 0.6) is 5.88 Å². The van der Waals surface area contributed by atoms with Gasteiger partial charge in [-0.25, -0.2) is 0 Å². The third kappa shape index (κ3) is 2.36. The second-order valence-corrected chi connectivity index (χ2v) is 5.71. The van der Waals surface area contributed by atoms with E-state index in [1.54, 1.807) is 6.07 Å². The number of aromatic amines is 1. The Morgan fingerprint density at radius 3 is 3.00 bits per heavy atom. The summed E-state index contributed by atoms with van der Waals surface area (Å²) in [5.74, 6) is -0.654. The fourth-order valence-corrected chi connectivity index (χ4v) is 3.08. The Kier molecular flexibility index (Phi) is 3.86. The Morgan fingerprint density at radius 2 is 2.32 bits per heavy atom. The van der Waals surface area contributed by atoms with Gasteiger partial charge in [0.15, 0.2) is 0 Å². The summed E-state index contributed by atoms with van der Waals surface area (Å²) in [7, 11) is 0. The van der Waals surface area contributed by atoms with Crippen molar-refractivity contribution in [3.05, 3.63) is 46.1 Å². The molecule has 22 heavy (non-hydrogen) atoms. The summed E-state index contributed by atoms with van der Waals surface area (Å²) in [6.45, 7) is 2.08. The third-order valence-electron chi connectivity index (χ3n) is 3.83. The molecule has 0 aliphatic carbocycles. The maximum atomic E-state index is 9.51. The van der Waals surface area contributed by atoms with Crippen molar-refractivity contribution in [3.63, 3.8) is 0 Å². The number of fused-ring (bicyclic) bond motifs is 1. The first-order chi connectivity index (χ1) is 10.7.